The number of hydrogen-bond donors (Lipinski definition) is 1. The van der Waals surface area contributed by atoms with Gasteiger partial charge in [0.15, 0.2) is 0 Å². The van der Waals surface area contributed by atoms with Gasteiger partial charge in [-0.05, 0) is 0 Å². The van der Waals surface area contributed by atoms with Crippen LogP contribution in [0.15, 0.2) is 23.0 Å². The SMILES string of the molecule is OCc1cnc(-c2ccon2)s1. The van der Waals surface area contributed by atoms with Gasteiger partial charge in [-0.3, -0.25) is 0 Å². The van der Waals surface area contributed by atoms with Crippen LogP contribution < -0.4 is 0 Å². The summed E-state index contributed by atoms with van der Waals surface area (Å²) in [5.41, 5.74) is 0.708. The van der Waals surface area contributed by atoms with Gasteiger partial charge in [0.2, 0.25) is 0 Å². The first kappa shape index (κ1) is 7.45. The summed E-state index contributed by atoms with van der Waals surface area (Å²) in [5, 5.41) is 13.3. The Morgan fingerprint density at radius 1 is 1.58 bits per heavy atom. The fourth-order valence-corrected chi connectivity index (χ4v) is 1.56. The van der Waals surface area contributed by atoms with E-state index >= 15 is 0 Å². The summed E-state index contributed by atoms with van der Waals surface area (Å²) in [7, 11) is 0. The summed E-state index contributed by atoms with van der Waals surface area (Å²) >= 11 is 1.41. The number of aliphatic hydroxyl groups is 1. The van der Waals surface area contributed by atoms with Crippen LogP contribution in [0.4, 0.5) is 0 Å². The van der Waals surface area contributed by atoms with Crippen LogP contribution in [0.2, 0.25) is 0 Å². The molecule has 12 heavy (non-hydrogen) atoms. The Kier molecular flexibility index (Phi) is 1.89. The molecule has 0 spiro atoms. The molecule has 4 nitrogen and oxygen atoms in total. The minimum Gasteiger partial charge on any atom is -0.391 e. The minimum atomic E-state index is 0.0233. The first-order valence-electron chi connectivity index (χ1n) is 3.36. The standard InChI is InChI=1S/C7H6N2O2S/c10-4-5-3-8-7(12-5)6-1-2-11-9-6/h1-3,10H,4H2. The Bertz CT molecular complexity index is 355. The quantitative estimate of drug-likeness (QED) is 0.760. The van der Waals surface area contributed by atoms with Crippen molar-refractivity contribution in [2.75, 3.05) is 0 Å². The Balaban J connectivity index is 2.35. The summed E-state index contributed by atoms with van der Waals surface area (Å²) in [4.78, 5) is 4.89. The van der Waals surface area contributed by atoms with Crippen molar-refractivity contribution in [1.82, 2.24) is 10.1 Å². The Morgan fingerprint density at radius 2 is 2.50 bits per heavy atom. The van der Waals surface area contributed by atoms with Gasteiger partial charge in [-0.2, -0.15) is 0 Å². The third-order valence-corrected chi connectivity index (χ3v) is 2.37. The summed E-state index contributed by atoms with van der Waals surface area (Å²) in [6.07, 6.45) is 3.13. The zero-order chi connectivity index (χ0) is 8.39. The van der Waals surface area contributed by atoms with Gasteiger partial charge in [0.25, 0.3) is 0 Å². The maximum absolute atomic E-state index is 8.78. The van der Waals surface area contributed by atoms with Crippen LogP contribution in [-0.4, -0.2) is 15.2 Å². The molecule has 0 atom stereocenters. The van der Waals surface area contributed by atoms with E-state index in [9.17, 15) is 0 Å². The maximum Gasteiger partial charge on any atom is 0.145 e. The monoisotopic (exact) mass is 182 g/mol. The highest BCUT2D eigenvalue weighted by atomic mass is 32.1. The molecule has 0 saturated carbocycles. The minimum absolute atomic E-state index is 0.0233. The molecule has 0 radical (unpaired) electrons. The molecule has 0 unspecified atom stereocenters. The van der Waals surface area contributed by atoms with Crippen LogP contribution in [0, 0.1) is 0 Å². The number of aliphatic hydroxyl groups excluding tert-OH is 1. The van der Waals surface area contributed by atoms with Gasteiger partial charge in [0.05, 0.1) is 11.5 Å². The van der Waals surface area contributed by atoms with Crippen molar-refractivity contribution < 1.29 is 9.63 Å². The molecule has 2 rings (SSSR count). The highest BCUT2D eigenvalue weighted by Gasteiger charge is 2.05. The van der Waals surface area contributed by atoms with Crippen LogP contribution >= 0.6 is 11.3 Å². The second-order valence-electron chi connectivity index (χ2n) is 2.17. The average molecular weight is 182 g/mol. The number of thiazole rings is 1. The highest BCUT2D eigenvalue weighted by Crippen LogP contribution is 2.22. The second-order valence-corrected chi connectivity index (χ2v) is 3.29. The molecule has 2 heterocycles. The molecule has 2 aromatic heterocycles. The molecule has 0 aliphatic heterocycles. The molecule has 5 heteroatoms. The third-order valence-electron chi connectivity index (χ3n) is 1.37. The van der Waals surface area contributed by atoms with Crippen LogP contribution in [0.5, 0.6) is 0 Å². The molecular formula is C7H6N2O2S. The summed E-state index contributed by atoms with van der Waals surface area (Å²) in [6, 6.07) is 1.74. The first-order valence-corrected chi connectivity index (χ1v) is 4.18. The van der Waals surface area contributed by atoms with Crippen molar-refractivity contribution in [1.29, 1.82) is 0 Å². The first-order chi connectivity index (χ1) is 5.90. The molecule has 2 aromatic rings. The molecule has 1 N–H and O–H groups in total. The molecular weight excluding hydrogens is 176 g/mol. The smallest absolute Gasteiger partial charge is 0.145 e. The normalized spacial score (nSPS) is 10.4. The summed E-state index contributed by atoms with van der Waals surface area (Å²) in [6.45, 7) is 0.0233. The lowest BCUT2D eigenvalue weighted by molar-refractivity contribution is 0.285. The zero-order valence-electron chi connectivity index (χ0n) is 6.10. The third kappa shape index (κ3) is 1.24. The van der Waals surface area contributed by atoms with E-state index in [4.69, 9.17) is 5.11 Å². The van der Waals surface area contributed by atoms with Gasteiger partial charge in [0, 0.05) is 12.3 Å². The number of nitrogens with zero attached hydrogens (tertiary/aromatic N) is 2. The van der Waals surface area contributed by atoms with E-state index in [1.54, 1.807) is 12.3 Å². The van der Waals surface area contributed by atoms with Gasteiger partial charge in [-0.15, -0.1) is 11.3 Å². The fraction of sp³-hybridized carbons (Fsp3) is 0.143. The topological polar surface area (TPSA) is 59.2 Å². The van der Waals surface area contributed by atoms with Crippen LogP contribution in [-0.2, 0) is 6.61 Å². The van der Waals surface area contributed by atoms with E-state index in [1.807, 2.05) is 0 Å². The lowest BCUT2D eigenvalue weighted by Crippen LogP contribution is -1.70. The fourth-order valence-electron chi connectivity index (χ4n) is 0.822. The molecule has 0 aromatic carbocycles. The molecule has 0 aliphatic carbocycles. The average Bonchev–Trinajstić information content (AvgIpc) is 2.75. The summed E-state index contributed by atoms with van der Waals surface area (Å²) in [5.74, 6) is 0. The van der Waals surface area contributed by atoms with E-state index in [0.29, 0.717) is 5.69 Å². The lowest BCUT2D eigenvalue weighted by Gasteiger charge is -1.83. The molecule has 62 valence electrons. The predicted molar refractivity (Wildman–Crippen MR) is 43.5 cm³/mol. The van der Waals surface area contributed by atoms with Crippen LogP contribution in [0.3, 0.4) is 0 Å². The van der Waals surface area contributed by atoms with Crippen molar-refractivity contribution in [3.8, 4) is 10.7 Å². The van der Waals surface area contributed by atoms with Crippen molar-refractivity contribution in [3.63, 3.8) is 0 Å². The van der Waals surface area contributed by atoms with Crippen LogP contribution in [0.25, 0.3) is 10.7 Å². The van der Waals surface area contributed by atoms with Gasteiger partial charge in [-0.1, -0.05) is 5.16 Å². The largest absolute Gasteiger partial charge is 0.391 e. The molecule has 0 saturated heterocycles. The Morgan fingerprint density at radius 3 is 3.08 bits per heavy atom. The molecule has 0 fully saturated rings. The van der Waals surface area contributed by atoms with Crippen molar-refractivity contribution in [3.05, 3.63) is 23.4 Å². The van der Waals surface area contributed by atoms with E-state index in [-0.39, 0.29) is 6.61 Å². The molecule has 0 aliphatic rings. The number of hydrogen-bond acceptors (Lipinski definition) is 5. The van der Waals surface area contributed by atoms with E-state index < -0.39 is 0 Å². The second kappa shape index (κ2) is 3.04. The van der Waals surface area contributed by atoms with Crippen LogP contribution in [0.1, 0.15) is 4.88 Å². The van der Waals surface area contributed by atoms with Crippen molar-refractivity contribution in [2.24, 2.45) is 0 Å². The van der Waals surface area contributed by atoms with Gasteiger partial charge < -0.3 is 9.63 Å². The zero-order valence-corrected chi connectivity index (χ0v) is 6.91. The number of aromatic nitrogens is 2. The lowest BCUT2D eigenvalue weighted by atomic mass is 10.5. The molecule has 0 amide bonds. The van der Waals surface area contributed by atoms with E-state index in [2.05, 4.69) is 14.7 Å². The molecule has 0 bridgehead atoms. The predicted octanol–water partition coefficient (Wildman–Crippen LogP) is 1.29. The maximum atomic E-state index is 8.78. The Labute approximate surface area is 72.5 Å². The summed E-state index contributed by atoms with van der Waals surface area (Å²) < 4.78 is 4.67. The van der Waals surface area contributed by atoms with Gasteiger partial charge in [-0.25, -0.2) is 4.98 Å². The highest BCUT2D eigenvalue weighted by molar-refractivity contribution is 7.14. The van der Waals surface area contributed by atoms with E-state index in [0.717, 1.165) is 9.88 Å². The van der Waals surface area contributed by atoms with Crippen molar-refractivity contribution >= 4 is 11.3 Å². The van der Waals surface area contributed by atoms with Gasteiger partial charge >= 0.3 is 0 Å². The van der Waals surface area contributed by atoms with Gasteiger partial charge in [0.1, 0.15) is 17.0 Å². The van der Waals surface area contributed by atoms with Crippen molar-refractivity contribution in [2.45, 2.75) is 6.61 Å². The van der Waals surface area contributed by atoms with E-state index in [1.165, 1.54) is 17.6 Å². The Hall–Kier alpha value is -1.20. The number of rotatable bonds is 2.